The van der Waals surface area contributed by atoms with Crippen LogP contribution in [0.15, 0.2) is 42.7 Å². The molecule has 1 aliphatic carbocycles. The molecule has 0 radical (unpaired) electrons. The number of hydrogen-bond donors (Lipinski definition) is 1. The maximum atomic E-state index is 4.65. The summed E-state index contributed by atoms with van der Waals surface area (Å²) in [6.07, 6.45) is 6.75. The van der Waals surface area contributed by atoms with E-state index >= 15 is 0 Å². The van der Waals surface area contributed by atoms with Crippen molar-refractivity contribution >= 4 is 11.6 Å². The highest BCUT2D eigenvalue weighted by Gasteiger charge is 2.34. The molecule has 26 heavy (non-hydrogen) atoms. The van der Waals surface area contributed by atoms with Gasteiger partial charge in [-0.15, -0.1) is 0 Å². The number of fused-ring (bicyclic) bond motifs is 1. The second kappa shape index (κ2) is 7.03. The molecule has 0 amide bonds. The summed E-state index contributed by atoms with van der Waals surface area (Å²) >= 11 is 0. The third-order valence-electron chi connectivity index (χ3n) is 5.28. The molecule has 6 heteroatoms. The number of nitrogens with one attached hydrogen (secondary N) is 1. The predicted molar refractivity (Wildman–Crippen MR) is 104 cm³/mol. The lowest BCUT2D eigenvalue weighted by molar-refractivity contribution is 0.215. The molecule has 4 rings (SSSR count). The molecule has 1 saturated carbocycles. The standard InChI is InChI=1S/C20H26N6/c1-25(2)14-20(10-6-7-11-20)13-21-18-12-17(16-8-4-3-5-9-16)24-19-22-15-23-26(18)19/h3-5,8-9,12,15,21H,6-7,10-11,13-14H2,1-2H3. The zero-order valence-electron chi connectivity index (χ0n) is 15.5. The largest absolute Gasteiger partial charge is 0.369 e. The Bertz CT molecular complexity index is 864. The van der Waals surface area contributed by atoms with Gasteiger partial charge in [0.15, 0.2) is 0 Å². The minimum atomic E-state index is 0.326. The van der Waals surface area contributed by atoms with Crippen molar-refractivity contribution in [2.24, 2.45) is 5.41 Å². The fraction of sp³-hybridized carbons (Fsp3) is 0.450. The van der Waals surface area contributed by atoms with Gasteiger partial charge in [-0.05, 0) is 26.9 Å². The summed E-state index contributed by atoms with van der Waals surface area (Å²) in [6, 6.07) is 12.3. The topological polar surface area (TPSA) is 58.3 Å². The summed E-state index contributed by atoms with van der Waals surface area (Å²) < 4.78 is 1.80. The Hall–Kier alpha value is -2.47. The molecular weight excluding hydrogens is 324 g/mol. The monoisotopic (exact) mass is 350 g/mol. The van der Waals surface area contributed by atoms with E-state index in [1.54, 1.807) is 10.8 Å². The van der Waals surface area contributed by atoms with Crippen LogP contribution in [-0.2, 0) is 0 Å². The highest BCUT2D eigenvalue weighted by Crippen LogP contribution is 2.38. The minimum absolute atomic E-state index is 0.326. The summed E-state index contributed by atoms with van der Waals surface area (Å²) in [5.74, 6) is 1.58. The third kappa shape index (κ3) is 3.42. The van der Waals surface area contributed by atoms with Gasteiger partial charge in [-0.3, -0.25) is 0 Å². The van der Waals surface area contributed by atoms with Gasteiger partial charge in [-0.25, -0.2) is 4.98 Å². The second-order valence-corrected chi connectivity index (χ2v) is 7.66. The van der Waals surface area contributed by atoms with Crippen molar-refractivity contribution in [1.29, 1.82) is 0 Å². The molecule has 0 atom stereocenters. The third-order valence-corrected chi connectivity index (χ3v) is 5.28. The lowest BCUT2D eigenvalue weighted by Crippen LogP contribution is -2.37. The summed E-state index contributed by atoms with van der Waals surface area (Å²) in [4.78, 5) is 11.3. The molecule has 2 heterocycles. The van der Waals surface area contributed by atoms with E-state index in [0.717, 1.165) is 30.2 Å². The first-order valence-corrected chi connectivity index (χ1v) is 9.30. The van der Waals surface area contributed by atoms with Crippen LogP contribution in [0.4, 0.5) is 5.82 Å². The zero-order chi connectivity index (χ0) is 18.0. The van der Waals surface area contributed by atoms with Gasteiger partial charge in [-0.1, -0.05) is 43.2 Å². The summed E-state index contributed by atoms with van der Waals surface area (Å²) in [5.41, 5.74) is 2.33. The van der Waals surface area contributed by atoms with Gasteiger partial charge >= 0.3 is 0 Å². The van der Waals surface area contributed by atoms with E-state index in [2.05, 4.69) is 57.6 Å². The highest BCUT2D eigenvalue weighted by atomic mass is 15.4. The number of anilines is 1. The van der Waals surface area contributed by atoms with Crippen molar-refractivity contribution in [3.8, 4) is 11.3 Å². The summed E-state index contributed by atoms with van der Waals surface area (Å²) in [7, 11) is 4.32. The van der Waals surface area contributed by atoms with E-state index in [0.29, 0.717) is 11.2 Å². The van der Waals surface area contributed by atoms with Crippen molar-refractivity contribution in [1.82, 2.24) is 24.5 Å². The molecule has 0 saturated heterocycles. The maximum absolute atomic E-state index is 4.65. The van der Waals surface area contributed by atoms with E-state index in [1.165, 1.54) is 25.7 Å². The first kappa shape index (κ1) is 17.0. The molecule has 6 nitrogen and oxygen atoms in total. The average molecular weight is 350 g/mol. The number of aromatic nitrogens is 4. The molecular formula is C20H26N6. The van der Waals surface area contributed by atoms with Crippen molar-refractivity contribution in [3.05, 3.63) is 42.7 Å². The van der Waals surface area contributed by atoms with E-state index in [9.17, 15) is 0 Å². The van der Waals surface area contributed by atoms with Crippen LogP contribution in [0.25, 0.3) is 17.0 Å². The molecule has 0 aliphatic heterocycles. The minimum Gasteiger partial charge on any atom is -0.369 e. The average Bonchev–Trinajstić information content (AvgIpc) is 3.29. The smallest absolute Gasteiger partial charge is 0.254 e. The van der Waals surface area contributed by atoms with Gasteiger partial charge < -0.3 is 10.2 Å². The Labute approximate surface area is 154 Å². The SMILES string of the molecule is CN(C)CC1(CNc2cc(-c3ccccc3)nc3ncnn23)CCCC1. The number of hydrogen-bond acceptors (Lipinski definition) is 5. The molecule has 136 valence electrons. The lowest BCUT2D eigenvalue weighted by Gasteiger charge is -2.32. The summed E-state index contributed by atoms with van der Waals surface area (Å²) in [5, 5.41) is 8.02. The quantitative estimate of drug-likeness (QED) is 0.739. The maximum Gasteiger partial charge on any atom is 0.254 e. The first-order chi connectivity index (χ1) is 12.7. The normalized spacial score (nSPS) is 16.4. The fourth-order valence-corrected chi connectivity index (χ4v) is 4.16. The molecule has 0 bridgehead atoms. The van der Waals surface area contributed by atoms with Crippen LogP contribution < -0.4 is 5.32 Å². The lowest BCUT2D eigenvalue weighted by atomic mass is 9.85. The van der Waals surface area contributed by atoms with Crippen LogP contribution in [0, 0.1) is 5.41 Å². The highest BCUT2D eigenvalue weighted by molar-refractivity contribution is 5.65. The first-order valence-electron chi connectivity index (χ1n) is 9.30. The Morgan fingerprint density at radius 2 is 1.92 bits per heavy atom. The van der Waals surface area contributed by atoms with E-state index < -0.39 is 0 Å². The summed E-state index contributed by atoms with van der Waals surface area (Å²) in [6.45, 7) is 2.05. The van der Waals surface area contributed by atoms with E-state index in [-0.39, 0.29) is 0 Å². The van der Waals surface area contributed by atoms with Gasteiger partial charge in [0.05, 0.1) is 5.69 Å². The number of benzene rings is 1. The van der Waals surface area contributed by atoms with E-state index in [4.69, 9.17) is 0 Å². The Kier molecular flexibility index (Phi) is 4.59. The van der Waals surface area contributed by atoms with Crippen molar-refractivity contribution in [3.63, 3.8) is 0 Å². The fourth-order valence-electron chi connectivity index (χ4n) is 4.16. The van der Waals surface area contributed by atoms with Crippen LogP contribution >= 0.6 is 0 Å². The predicted octanol–water partition coefficient (Wildman–Crippen LogP) is 3.33. The molecule has 1 aromatic carbocycles. The second-order valence-electron chi connectivity index (χ2n) is 7.66. The molecule has 0 spiro atoms. The van der Waals surface area contributed by atoms with Gasteiger partial charge in [0.1, 0.15) is 12.1 Å². The van der Waals surface area contributed by atoms with Crippen LogP contribution in [0.3, 0.4) is 0 Å². The Morgan fingerprint density at radius 1 is 1.15 bits per heavy atom. The molecule has 1 aliphatic rings. The molecule has 3 aromatic rings. The van der Waals surface area contributed by atoms with Gasteiger partial charge in [-0.2, -0.15) is 14.6 Å². The van der Waals surface area contributed by atoms with Crippen LogP contribution in [0.1, 0.15) is 25.7 Å². The van der Waals surface area contributed by atoms with Gasteiger partial charge in [0, 0.05) is 30.1 Å². The molecule has 1 N–H and O–H groups in total. The number of nitrogens with zero attached hydrogens (tertiary/aromatic N) is 5. The molecule has 1 fully saturated rings. The van der Waals surface area contributed by atoms with Gasteiger partial charge in [0.2, 0.25) is 0 Å². The molecule has 2 aromatic heterocycles. The van der Waals surface area contributed by atoms with Gasteiger partial charge in [0.25, 0.3) is 5.78 Å². The van der Waals surface area contributed by atoms with Crippen molar-refractivity contribution < 1.29 is 0 Å². The van der Waals surface area contributed by atoms with Crippen LogP contribution in [0.2, 0.25) is 0 Å². The Balaban J connectivity index is 1.64. The van der Waals surface area contributed by atoms with Crippen LogP contribution in [-0.4, -0.2) is 51.7 Å². The van der Waals surface area contributed by atoms with Crippen molar-refractivity contribution in [2.45, 2.75) is 25.7 Å². The molecule has 0 unspecified atom stereocenters. The zero-order valence-corrected chi connectivity index (χ0v) is 15.5. The van der Waals surface area contributed by atoms with Crippen LogP contribution in [0.5, 0.6) is 0 Å². The Morgan fingerprint density at radius 3 is 2.65 bits per heavy atom. The van der Waals surface area contributed by atoms with Crippen molar-refractivity contribution in [2.75, 3.05) is 32.5 Å². The number of rotatable bonds is 6. The van der Waals surface area contributed by atoms with E-state index in [1.807, 2.05) is 18.2 Å².